The minimum Gasteiger partial charge on any atom is -0.323 e. The minimum absolute atomic E-state index is 0.151. The maximum absolute atomic E-state index is 6.43. The molecule has 2 atom stereocenters. The van der Waals surface area contributed by atoms with E-state index in [9.17, 15) is 0 Å². The largest absolute Gasteiger partial charge is 0.323 e. The Labute approximate surface area is 117 Å². The van der Waals surface area contributed by atoms with Crippen molar-refractivity contribution in [2.24, 2.45) is 11.7 Å². The first-order valence-electron chi connectivity index (χ1n) is 7.09. The van der Waals surface area contributed by atoms with Crippen LogP contribution < -0.4 is 5.73 Å². The molecule has 0 aliphatic carbocycles. The summed E-state index contributed by atoms with van der Waals surface area (Å²) < 4.78 is 0. The number of thioether (sulfide) groups is 1. The Hall–Kier alpha value is -0.470. The van der Waals surface area contributed by atoms with E-state index in [1.54, 1.807) is 0 Å². The van der Waals surface area contributed by atoms with Crippen molar-refractivity contribution in [2.75, 3.05) is 5.75 Å². The summed E-state index contributed by atoms with van der Waals surface area (Å²) >= 11 is 2.05. The summed E-state index contributed by atoms with van der Waals surface area (Å²) in [6, 6.07) is 10.6. The molecule has 0 amide bonds. The average Bonchev–Trinajstić information content (AvgIpc) is 2.39. The monoisotopic (exact) mass is 265 g/mol. The Balaban J connectivity index is 2.56. The molecule has 0 heterocycles. The molecule has 0 radical (unpaired) electrons. The van der Waals surface area contributed by atoms with Gasteiger partial charge in [0, 0.05) is 11.3 Å². The Bertz CT molecular complexity index is 310. The topological polar surface area (TPSA) is 26.0 Å². The Kier molecular flexibility index (Phi) is 7.45. The van der Waals surface area contributed by atoms with E-state index in [2.05, 4.69) is 51.1 Å². The highest BCUT2D eigenvalue weighted by Crippen LogP contribution is 2.31. The van der Waals surface area contributed by atoms with Gasteiger partial charge < -0.3 is 5.73 Å². The number of nitrogens with two attached hydrogens (primary N) is 1. The Morgan fingerprint density at radius 2 is 1.78 bits per heavy atom. The highest BCUT2D eigenvalue weighted by atomic mass is 32.2. The Morgan fingerprint density at radius 1 is 1.11 bits per heavy atom. The van der Waals surface area contributed by atoms with Gasteiger partial charge in [-0.15, -0.1) is 0 Å². The van der Waals surface area contributed by atoms with Crippen molar-refractivity contribution in [3.05, 3.63) is 35.9 Å². The fourth-order valence-corrected chi connectivity index (χ4v) is 3.54. The van der Waals surface area contributed by atoms with Crippen molar-refractivity contribution in [3.63, 3.8) is 0 Å². The van der Waals surface area contributed by atoms with Gasteiger partial charge in [-0.25, -0.2) is 0 Å². The second kappa shape index (κ2) is 8.60. The van der Waals surface area contributed by atoms with E-state index >= 15 is 0 Å². The summed E-state index contributed by atoms with van der Waals surface area (Å²) in [6.45, 7) is 6.81. The minimum atomic E-state index is 0.151. The Morgan fingerprint density at radius 3 is 2.33 bits per heavy atom. The molecule has 0 spiro atoms. The third-order valence-electron chi connectivity index (χ3n) is 3.25. The third kappa shape index (κ3) is 5.03. The molecule has 0 aromatic heterocycles. The van der Waals surface area contributed by atoms with Gasteiger partial charge in [0.05, 0.1) is 0 Å². The predicted octanol–water partition coefficient (Wildman–Crippen LogP) is 4.63. The first-order chi connectivity index (χ1) is 8.66. The molecule has 0 saturated carbocycles. The fourth-order valence-electron chi connectivity index (χ4n) is 2.15. The number of unbranched alkanes of at least 4 members (excludes halogenated alkanes) is 2. The molecule has 0 aliphatic heterocycles. The van der Waals surface area contributed by atoms with Gasteiger partial charge in [0.15, 0.2) is 0 Å². The van der Waals surface area contributed by atoms with Crippen LogP contribution in [-0.4, -0.2) is 11.0 Å². The van der Waals surface area contributed by atoms with E-state index in [-0.39, 0.29) is 6.04 Å². The summed E-state index contributed by atoms with van der Waals surface area (Å²) in [6.07, 6.45) is 3.93. The standard InChI is InChI=1S/C16H27NS/c1-4-5-9-12-18-16(13(2)3)15(17)14-10-7-6-8-11-14/h6-8,10-11,13,15-16H,4-5,9,12,17H2,1-3H3. The van der Waals surface area contributed by atoms with Crippen molar-refractivity contribution < 1.29 is 0 Å². The molecule has 18 heavy (non-hydrogen) atoms. The number of rotatable bonds is 8. The summed E-state index contributed by atoms with van der Waals surface area (Å²) in [5, 5.41) is 0.518. The molecular formula is C16H27NS. The van der Waals surface area contributed by atoms with Gasteiger partial charge in [-0.3, -0.25) is 0 Å². The van der Waals surface area contributed by atoms with Crippen molar-refractivity contribution >= 4 is 11.8 Å². The molecule has 0 fully saturated rings. The first-order valence-corrected chi connectivity index (χ1v) is 8.13. The maximum atomic E-state index is 6.43. The molecule has 2 heteroatoms. The second-order valence-corrected chi connectivity index (χ2v) is 6.51. The summed E-state index contributed by atoms with van der Waals surface area (Å²) in [7, 11) is 0. The van der Waals surface area contributed by atoms with E-state index in [1.807, 2.05) is 11.8 Å². The molecule has 1 nitrogen and oxygen atoms in total. The van der Waals surface area contributed by atoms with Crippen LogP contribution in [0.4, 0.5) is 0 Å². The van der Waals surface area contributed by atoms with E-state index in [1.165, 1.54) is 30.6 Å². The third-order valence-corrected chi connectivity index (χ3v) is 5.00. The number of hydrogen-bond acceptors (Lipinski definition) is 2. The van der Waals surface area contributed by atoms with Crippen molar-refractivity contribution in [3.8, 4) is 0 Å². The SMILES string of the molecule is CCCCCSC(C(C)C)C(N)c1ccccc1. The maximum Gasteiger partial charge on any atom is 0.0418 e. The molecule has 1 aromatic rings. The van der Waals surface area contributed by atoms with Gasteiger partial charge in [-0.1, -0.05) is 63.9 Å². The van der Waals surface area contributed by atoms with Crippen molar-refractivity contribution in [1.82, 2.24) is 0 Å². The molecule has 1 aromatic carbocycles. The lowest BCUT2D eigenvalue weighted by Crippen LogP contribution is -2.28. The fraction of sp³-hybridized carbons (Fsp3) is 0.625. The van der Waals surface area contributed by atoms with Gasteiger partial charge in [0.1, 0.15) is 0 Å². The van der Waals surface area contributed by atoms with Crippen LogP contribution in [0.3, 0.4) is 0 Å². The number of hydrogen-bond donors (Lipinski definition) is 1. The average molecular weight is 265 g/mol. The normalized spacial score (nSPS) is 14.7. The zero-order valence-corrected chi connectivity index (χ0v) is 12.7. The van der Waals surface area contributed by atoms with Crippen LogP contribution in [0.5, 0.6) is 0 Å². The quantitative estimate of drug-likeness (QED) is 0.693. The van der Waals surface area contributed by atoms with Crippen LogP contribution in [0.1, 0.15) is 51.6 Å². The zero-order valence-electron chi connectivity index (χ0n) is 11.9. The van der Waals surface area contributed by atoms with Crippen molar-refractivity contribution in [2.45, 2.75) is 51.3 Å². The van der Waals surface area contributed by atoms with Gasteiger partial charge in [-0.05, 0) is 23.7 Å². The van der Waals surface area contributed by atoms with Crippen LogP contribution >= 0.6 is 11.8 Å². The predicted molar refractivity (Wildman–Crippen MR) is 84.0 cm³/mol. The zero-order chi connectivity index (χ0) is 13.4. The molecule has 2 N–H and O–H groups in total. The van der Waals surface area contributed by atoms with Crippen LogP contribution in [0.15, 0.2) is 30.3 Å². The summed E-state index contributed by atoms with van der Waals surface area (Å²) in [4.78, 5) is 0. The summed E-state index contributed by atoms with van der Waals surface area (Å²) in [5.74, 6) is 1.85. The smallest absolute Gasteiger partial charge is 0.0418 e. The van der Waals surface area contributed by atoms with Gasteiger partial charge >= 0.3 is 0 Å². The highest BCUT2D eigenvalue weighted by molar-refractivity contribution is 7.99. The lowest BCUT2D eigenvalue weighted by atomic mass is 9.97. The molecule has 0 bridgehead atoms. The highest BCUT2D eigenvalue weighted by Gasteiger charge is 2.22. The van der Waals surface area contributed by atoms with Crippen LogP contribution in [0.2, 0.25) is 0 Å². The van der Waals surface area contributed by atoms with E-state index in [0.717, 1.165) is 0 Å². The van der Waals surface area contributed by atoms with Gasteiger partial charge in [0.25, 0.3) is 0 Å². The molecule has 0 saturated heterocycles. The van der Waals surface area contributed by atoms with E-state index in [4.69, 9.17) is 5.73 Å². The second-order valence-electron chi connectivity index (χ2n) is 5.22. The molecule has 102 valence electrons. The molecule has 2 unspecified atom stereocenters. The first kappa shape index (κ1) is 15.6. The van der Waals surface area contributed by atoms with E-state index < -0.39 is 0 Å². The number of benzene rings is 1. The van der Waals surface area contributed by atoms with E-state index in [0.29, 0.717) is 11.2 Å². The lowest BCUT2D eigenvalue weighted by Gasteiger charge is -2.27. The molecular weight excluding hydrogens is 238 g/mol. The molecule has 0 aliphatic rings. The van der Waals surface area contributed by atoms with Gasteiger partial charge in [-0.2, -0.15) is 11.8 Å². The van der Waals surface area contributed by atoms with Crippen molar-refractivity contribution in [1.29, 1.82) is 0 Å². The lowest BCUT2D eigenvalue weighted by molar-refractivity contribution is 0.527. The van der Waals surface area contributed by atoms with Crippen LogP contribution in [0.25, 0.3) is 0 Å². The van der Waals surface area contributed by atoms with Gasteiger partial charge in [0.2, 0.25) is 0 Å². The summed E-state index contributed by atoms with van der Waals surface area (Å²) in [5.41, 5.74) is 7.70. The van der Waals surface area contributed by atoms with Crippen LogP contribution in [0, 0.1) is 5.92 Å². The van der Waals surface area contributed by atoms with Crippen LogP contribution in [-0.2, 0) is 0 Å². The molecule has 1 rings (SSSR count).